The number of nitrogens with one attached hydrogen (secondary N) is 1. The lowest BCUT2D eigenvalue weighted by Crippen LogP contribution is -2.30. The third-order valence-electron chi connectivity index (χ3n) is 2.58. The van der Waals surface area contributed by atoms with Crippen molar-refractivity contribution in [3.8, 4) is 0 Å². The van der Waals surface area contributed by atoms with Crippen LogP contribution in [0.1, 0.15) is 13.8 Å². The number of hydrogen-bond donors (Lipinski definition) is 1. The molecule has 0 spiro atoms. The molecule has 0 aliphatic rings. The lowest BCUT2D eigenvalue weighted by Gasteiger charge is -2.20. The van der Waals surface area contributed by atoms with E-state index in [1.54, 1.807) is 13.8 Å². The van der Waals surface area contributed by atoms with Gasteiger partial charge in [-0.25, -0.2) is 8.78 Å². The highest BCUT2D eigenvalue weighted by Crippen LogP contribution is 2.16. The summed E-state index contributed by atoms with van der Waals surface area (Å²) in [5.41, 5.74) is 0.297. The first kappa shape index (κ1) is 13.4. The summed E-state index contributed by atoms with van der Waals surface area (Å²) >= 11 is 0. The minimum absolute atomic E-state index is 0.288. The smallest absolute Gasteiger partial charge is 0.310 e. The largest absolute Gasteiger partial charge is 0.469 e. The molecule has 1 aromatic carbocycles. The Morgan fingerprint density at radius 1 is 1.24 bits per heavy atom. The second kappa shape index (κ2) is 5.61. The summed E-state index contributed by atoms with van der Waals surface area (Å²) in [6, 6.07) is 2.84. The summed E-state index contributed by atoms with van der Waals surface area (Å²) in [5, 5.41) is 2.86. The van der Waals surface area contributed by atoms with Gasteiger partial charge in [-0.15, -0.1) is 0 Å². The van der Waals surface area contributed by atoms with E-state index < -0.39 is 17.6 Å². The number of hydrogen-bond acceptors (Lipinski definition) is 3. The fourth-order valence-corrected chi connectivity index (χ4v) is 1.42. The number of methoxy groups -OCH3 is 1. The highest BCUT2D eigenvalue weighted by molar-refractivity contribution is 5.73. The van der Waals surface area contributed by atoms with Crippen LogP contribution in [-0.4, -0.2) is 19.1 Å². The molecule has 5 heteroatoms. The van der Waals surface area contributed by atoms with Crippen LogP contribution in [0.4, 0.5) is 14.5 Å². The molecule has 0 heterocycles. The number of halogens is 2. The zero-order valence-electron chi connectivity index (χ0n) is 9.96. The van der Waals surface area contributed by atoms with E-state index in [0.717, 1.165) is 6.07 Å². The summed E-state index contributed by atoms with van der Waals surface area (Å²) in [6.07, 6.45) is 0. The molecular weight excluding hydrogens is 228 g/mol. The molecule has 2 atom stereocenters. The Hall–Kier alpha value is -1.65. The molecule has 2 unspecified atom stereocenters. The lowest BCUT2D eigenvalue weighted by molar-refractivity contribution is -0.145. The van der Waals surface area contributed by atoms with E-state index >= 15 is 0 Å². The number of carbonyl (C=O) groups excluding carboxylic acids is 1. The third-order valence-corrected chi connectivity index (χ3v) is 2.58. The van der Waals surface area contributed by atoms with Crippen LogP contribution in [0.15, 0.2) is 18.2 Å². The van der Waals surface area contributed by atoms with Crippen LogP contribution in [-0.2, 0) is 9.53 Å². The Bertz CT molecular complexity index is 389. The molecule has 1 rings (SSSR count). The van der Waals surface area contributed by atoms with Crippen molar-refractivity contribution in [2.45, 2.75) is 19.9 Å². The van der Waals surface area contributed by atoms with Gasteiger partial charge in [-0.05, 0) is 26.0 Å². The molecule has 17 heavy (non-hydrogen) atoms. The highest BCUT2D eigenvalue weighted by atomic mass is 19.1. The fraction of sp³-hybridized carbons (Fsp3) is 0.417. The number of carbonyl (C=O) groups is 1. The first-order valence-corrected chi connectivity index (χ1v) is 5.24. The Morgan fingerprint density at radius 2 is 1.76 bits per heavy atom. The van der Waals surface area contributed by atoms with Gasteiger partial charge in [0.1, 0.15) is 11.6 Å². The molecule has 0 aromatic heterocycles. The maximum atomic E-state index is 12.9. The van der Waals surface area contributed by atoms with Crippen LogP contribution in [0.3, 0.4) is 0 Å². The summed E-state index contributed by atoms with van der Waals surface area (Å²) < 4.78 is 30.5. The second-order valence-electron chi connectivity index (χ2n) is 3.90. The molecule has 1 N–H and O–H groups in total. The van der Waals surface area contributed by atoms with Gasteiger partial charge in [0.05, 0.1) is 13.0 Å². The van der Waals surface area contributed by atoms with E-state index in [-0.39, 0.29) is 12.0 Å². The molecule has 0 bridgehead atoms. The van der Waals surface area contributed by atoms with Crippen molar-refractivity contribution in [3.05, 3.63) is 29.8 Å². The maximum absolute atomic E-state index is 12.9. The molecule has 0 aliphatic heterocycles. The summed E-state index contributed by atoms with van der Waals surface area (Å²) in [5.74, 6) is -2.11. The van der Waals surface area contributed by atoms with Crippen molar-refractivity contribution in [2.75, 3.05) is 12.4 Å². The van der Waals surface area contributed by atoms with Crippen molar-refractivity contribution < 1.29 is 18.3 Å². The van der Waals surface area contributed by atoms with Gasteiger partial charge in [0, 0.05) is 17.8 Å². The average Bonchev–Trinajstić information content (AvgIpc) is 2.25. The van der Waals surface area contributed by atoms with Gasteiger partial charge in [-0.2, -0.15) is 0 Å². The normalized spacial score (nSPS) is 13.9. The predicted octanol–water partition coefficient (Wildman–Crippen LogP) is 2.57. The average molecular weight is 243 g/mol. The number of esters is 1. The molecule has 0 saturated heterocycles. The van der Waals surface area contributed by atoms with Crippen LogP contribution in [0, 0.1) is 17.6 Å². The first-order chi connectivity index (χ1) is 7.93. The topological polar surface area (TPSA) is 38.3 Å². The van der Waals surface area contributed by atoms with Gasteiger partial charge in [-0.3, -0.25) is 4.79 Å². The van der Waals surface area contributed by atoms with Crippen LogP contribution in [0.25, 0.3) is 0 Å². The molecular formula is C12H15F2NO2. The van der Waals surface area contributed by atoms with E-state index in [9.17, 15) is 13.6 Å². The van der Waals surface area contributed by atoms with Gasteiger partial charge in [0.2, 0.25) is 0 Å². The van der Waals surface area contributed by atoms with E-state index in [1.807, 2.05) is 0 Å². The number of benzene rings is 1. The Morgan fingerprint density at radius 3 is 2.24 bits per heavy atom. The van der Waals surface area contributed by atoms with E-state index in [1.165, 1.54) is 19.2 Å². The quantitative estimate of drug-likeness (QED) is 0.826. The van der Waals surface area contributed by atoms with Crippen LogP contribution < -0.4 is 5.32 Å². The number of rotatable bonds is 4. The SMILES string of the molecule is COC(=O)C(C)C(C)Nc1cc(F)cc(F)c1. The lowest BCUT2D eigenvalue weighted by atomic mass is 10.0. The molecule has 0 fully saturated rings. The Labute approximate surface area is 98.8 Å². The first-order valence-electron chi connectivity index (χ1n) is 5.24. The Kier molecular flexibility index (Phi) is 4.43. The maximum Gasteiger partial charge on any atom is 0.310 e. The van der Waals surface area contributed by atoms with E-state index in [4.69, 9.17) is 0 Å². The summed E-state index contributed by atoms with van der Waals surface area (Å²) in [7, 11) is 1.30. The minimum atomic E-state index is -0.662. The molecule has 1 aromatic rings. The molecule has 0 saturated carbocycles. The molecule has 0 aliphatic carbocycles. The molecule has 94 valence electrons. The van der Waals surface area contributed by atoms with Gasteiger partial charge in [0.25, 0.3) is 0 Å². The van der Waals surface area contributed by atoms with Crippen molar-refractivity contribution in [1.82, 2.24) is 0 Å². The highest BCUT2D eigenvalue weighted by Gasteiger charge is 2.20. The van der Waals surface area contributed by atoms with Crippen molar-refractivity contribution >= 4 is 11.7 Å². The minimum Gasteiger partial charge on any atom is -0.469 e. The van der Waals surface area contributed by atoms with Gasteiger partial charge < -0.3 is 10.1 Å². The van der Waals surface area contributed by atoms with E-state index in [2.05, 4.69) is 10.1 Å². The predicted molar refractivity (Wildman–Crippen MR) is 60.6 cm³/mol. The van der Waals surface area contributed by atoms with Crippen molar-refractivity contribution in [1.29, 1.82) is 0 Å². The van der Waals surface area contributed by atoms with Gasteiger partial charge in [-0.1, -0.05) is 0 Å². The second-order valence-corrected chi connectivity index (χ2v) is 3.90. The molecule has 0 radical (unpaired) electrons. The zero-order valence-corrected chi connectivity index (χ0v) is 9.96. The van der Waals surface area contributed by atoms with Gasteiger partial charge in [0.15, 0.2) is 0 Å². The fourth-order valence-electron chi connectivity index (χ4n) is 1.42. The van der Waals surface area contributed by atoms with Gasteiger partial charge >= 0.3 is 5.97 Å². The Balaban J connectivity index is 2.73. The standard InChI is InChI=1S/C12H15F2NO2/c1-7(12(16)17-3)8(2)15-11-5-9(13)4-10(14)6-11/h4-8,15H,1-3H3. The third kappa shape index (κ3) is 3.69. The van der Waals surface area contributed by atoms with Crippen LogP contribution in [0.5, 0.6) is 0 Å². The molecule has 3 nitrogen and oxygen atoms in total. The molecule has 0 amide bonds. The van der Waals surface area contributed by atoms with Crippen molar-refractivity contribution in [3.63, 3.8) is 0 Å². The number of anilines is 1. The van der Waals surface area contributed by atoms with E-state index in [0.29, 0.717) is 5.69 Å². The zero-order chi connectivity index (χ0) is 13.0. The number of ether oxygens (including phenoxy) is 1. The summed E-state index contributed by atoms with van der Waals surface area (Å²) in [6.45, 7) is 3.42. The monoisotopic (exact) mass is 243 g/mol. The van der Waals surface area contributed by atoms with Crippen molar-refractivity contribution in [2.24, 2.45) is 5.92 Å². The summed E-state index contributed by atoms with van der Waals surface area (Å²) in [4.78, 5) is 11.3. The van der Waals surface area contributed by atoms with Crippen LogP contribution >= 0.6 is 0 Å². The van der Waals surface area contributed by atoms with Crippen LogP contribution in [0.2, 0.25) is 0 Å².